The highest BCUT2D eigenvalue weighted by Gasteiger charge is 2.28. The summed E-state index contributed by atoms with van der Waals surface area (Å²) in [7, 11) is 1.59. The summed E-state index contributed by atoms with van der Waals surface area (Å²) in [6, 6.07) is 12.0. The number of anilines is 2. The second-order valence-electron chi connectivity index (χ2n) is 5.74. The predicted octanol–water partition coefficient (Wildman–Crippen LogP) is 2.86. The summed E-state index contributed by atoms with van der Waals surface area (Å²) in [6.07, 6.45) is 0.781. The van der Waals surface area contributed by atoms with Gasteiger partial charge >= 0.3 is 0 Å². The average Bonchev–Trinajstić information content (AvgIpc) is 3.05. The first-order valence-electron chi connectivity index (χ1n) is 8.03. The van der Waals surface area contributed by atoms with Gasteiger partial charge in [-0.2, -0.15) is 0 Å². The van der Waals surface area contributed by atoms with Crippen molar-refractivity contribution in [2.45, 2.75) is 6.42 Å². The van der Waals surface area contributed by atoms with E-state index in [9.17, 15) is 14.9 Å². The van der Waals surface area contributed by atoms with E-state index >= 15 is 0 Å². The van der Waals surface area contributed by atoms with Crippen LogP contribution in [0.5, 0.6) is 0 Å². The minimum atomic E-state index is -0.492. The predicted molar refractivity (Wildman–Crippen MR) is 95.3 cm³/mol. The Morgan fingerprint density at radius 1 is 1.32 bits per heavy atom. The number of ether oxygens (including phenoxy) is 1. The summed E-state index contributed by atoms with van der Waals surface area (Å²) in [5, 5.41) is 14.2. The molecular weight excluding hydrogens is 322 g/mol. The number of nitrogens with zero attached hydrogens (tertiary/aromatic N) is 2. The molecule has 0 saturated heterocycles. The lowest BCUT2D eigenvalue weighted by atomic mass is 10.1. The topological polar surface area (TPSA) is 84.7 Å². The number of para-hydroxylation sites is 1. The molecule has 0 aromatic heterocycles. The molecule has 1 aliphatic rings. The summed E-state index contributed by atoms with van der Waals surface area (Å²) in [6.45, 7) is 1.54. The van der Waals surface area contributed by atoms with E-state index in [-0.39, 0.29) is 11.6 Å². The highest BCUT2D eigenvalue weighted by molar-refractivity contribution is 6.11. The van der Waals surface area contributed by atoms with Gasteiger partial charge in [0.05, 0.1) is 17.1 Å². The van der Waals surface area contributed by atoms with Gasteiger partial charge < -0.3 is 15.0 Å². The number of benzene rings is 2. The molecule has 1 aliphatic heterocycles. The fourth-order valence-electron chi connectivity index (χ4n) is 2.96. The Labute approximate surface area is 145 Å². The maximum atomic E-state index is 13.1. The van der Waals surface area contributed by atoms with E-state index in [1.807, 2.05) is 24.3 Å². The van der Waals surface area contributed by atoms with Gasteiger partial charge in [0.2, 0.25) is 0 Å². The van der Waals surface area contributed by atoms with Gasteiger partial charge in [-0.1, -0.05) is 18.2 Å². The quantitative estimate of drug-likeness (QED) is 0.496. The van der Waals surface area contributed by atoms with Crippen LogP contribution in [0.15, 0.2) is 42.5 Å². The third-order valence-electron chi connectivity index (χ3n) is 4.20. The molecule has 7 nitrogen and oxygen atoms in total. The normalized spacial score (nSPS) is 12.8. The van der Waals surface area contributed by atoms with Gasteiger partial charge in [-0.3, -0.25) is 14.9 Å². The van der Waals surface area contributed by atoms with Crippen molar-refractivity contribution in [1.29, 1.82) is 0 Å². The van der Waals surface area contributed by atoms with Crippen LogP contribution in [0.2, 0.25) is 0 Å². The summed E-state index contributed by atoms with van der Waals surface area (Å²) >= 11 is 0. The van der Waals surface area contributed by atoms with Crippen LogP contribution in [0, 0.1) is 10.1 Å². The van der Waals surface area contributed by atoms with Crippen LogP contribution < -0.4 is 10.2 Å². The second kappa shape index (κ2) is 7.31. The van der Waals surface area contributed by atoms with Crippen LogP contribution in [-0.2, 0) is 11.2 Å². The lowest BCUT2D eigenvalue weighted by Gasteiger charge is -2.19. The van der Waals surface area contributed by atoms with Crippen LogP contribution >= 0.6 is 0 Å². The Balaban J connectivity index is 1.95. The number of carbonyl (C=O) groups is 1. The van der Waals surface area contributed by atoms with Crippen LogP contribution in [0.4, 0.5) is 17.1 Å². The van der Waals surface area contributed by atoms with Gasteiger partial charge in [0.1, 0.15) is 0 Å². The monoisotopic (exact) mass is 341 g/mol. The van der Waals surface area contributed by atoms with Crippen molar-refractivity contribution in [2.75, 3.05) is 37.0 Å². The summed E-state index contributed by atoms with van der Waals surface area (Å²) in [5.41, 5.74) is 2.73. The first-order chi connectivity index (χ1) is 12.1. The molecule has 0 fully saturated rings. The van der Waals surface area contributed by atoms with Crippen LogP contribution in [0.3, 0.4) is 0 Å². The molecule has 2 aromatic rings. The minimum absolute atomic E-state index is 0.104. The molecule has 1 amide bonds. The van der Waals surface area contributed by atoms with Crippen molar-refractivity contribution in [2.24, 2.45) is 0 Å². The van der Waals surface area contributed by atoms with Gasteiger partial charge in [0, 0.05) is 43.7 Å². The molecule has 0 spiro atoms. The SMILES string of the molecule is COCCNc1ccc([N+](=O)[O-])cc1C(=O)N1CCc2ccccc21. The van der Waals surface area contributed by atoms with E-state index in [2.05, 4.69) is 5.32 Å². The van der Waals surface area contributed by atoms with Crippen LogP contribution in [0.25, 0.3) is 0 Å². The molecular formula is C18H19N3O4. The zero-order chi connectivity index (χ0) is 17.8. The number of fused-ring (bicyclic) bond motifs is 1. The first kappa shape index (κ1) is 16.9. The number of nitro groups is 1. The molecule has 0 unspecified atom stereocenters. The molecule has 3 rings (SSSR count). The number of nitro benzene ring substituents is 1. The van der Waals surface area contributed by atoms with E-state index in [1.54, 1.807) is 18.1 Å². The highest BCUT2D eigenvalue weighted by Crippen LogP contribution is 2.31. The zero-order valence-corrected chi connectivity index (χ0v) is 13.9. The Morgan fingerprint density at radius 2 is 2.12 bits per heavy atom. The number of carbonyl (C=O) groups excluding carboxylic acids is 1. The zero-order valence-electron chi connectivity index (χ0n) is 13.9. The van der Waals surface area contributed by atoms with E-state index in [0.29, 0.717) is 30.9 Å². The van der Waals surface area contributed by atoms with Crippen molar-refractivity contribution < 1.29 is 14.5 Å². The van der Waals surface area contributed by atoms with Crippen LogP contribution in [-0.4, -0.2) is 37.6 Å². The first-order valence-corrected chi connectivity index (χ1v) is 8.03. The molecule has 0 atom stereocenters. The second-order valence-corrected chi connectivity index (χ2v) is 5.74. The van der Waals surface area contributed by atoms with Crippen molar-refractivity contribution in [3.8, 4) is 0 Å². The summed E-state index contributed by atoms with van der Waals surface area (Å²) in [4.78, 5) is 25.4. The molecule has 0 aliphatic carbocycles. The average molecular weight is 341 g/mol. The molecule has 7 heteroatoms. The molecule has 0 bridgehead atoms. The number of methoxy groups -OCH3 is 1. The highest BCUT2D eigenvalue weighted by atomic mass is 16.6. The van der Waals surface area contributed by atoms with Crippen molar-refractivity contribution in [3.63, 3.8) is 0 Å². The third-order valence-corrected chi connectivity index (χ3v) is 4.20. The van der Waals surface area contributed by atoms with Gasteiger partial charge in [0.25, 0.3) is 11.6 Å². The fraction of sp³-hybridized carbons (Fsp3) is 0.278. The largest absolute Gasteiger partial charge is 0.383 e. The van der Waals surface area contributed by atoms with Crippen molar-refractivity contribution in [3.05, 3.63) is 63.7 Å². The smallest absolute Gasteiger partial charge is 0.270 e. The number of hydrogen-bond acceptors (Lipinski definition) is 5. The van der Waals surface area contributed by atoms with Gasteiger partial charge in [-0.15, -0.1) is 0 Å². The van der Waals surface area contributed by atoms with Crippen molar-refractivity contribution >= 4 is 23.0 Å². The molecule has 25 heavy (non-hydrogen) atoms. The number of rotatable bonds is 6. The Hall–Kier alpha value is -2.93. The summed E-state index contributed by atoms with van der Waals surface area (Å²) in [5.74, 6) is -0.242. The van der Waals surface area contributed by atoms with E-state index in [4.69, 9.17) is 4.74 Å². The molecule has 130 valence electrons. The Kier molecular flexibility index (Phi) is 4.95. The molecule has 2 aromatic carbocycles. The minimum Gasteiger partial charge on any atom is -0.383 e. The molecule has 0 saturated carbocycles. The van der Waals surface area contributed by atoms with Gasteiger partial charge in [0.15, 0.2) is 0 Å². The lowest BCUT2D eigenvalue weighted by Crippen LogP contribution is -2.29. The summed E-state index contributed by atoms with van der Waals surface area (Å²) < 4.78 is 5.01. The maximum Gasteiger partial charge on any atom is 0.270 e. The van der Waals surface area contributed by atoms with E-state index < -0.39 is 4.92 Å². The van der Waals surface area contributed by atoms with Gasteiger partial charge in [-0.25, -0.2) is 0 Å². The number of hydrogen-bond donors (Lipinski definition) is 1. The van der Waals surface area contributed by atoms with Gasteiger partial charge in [-0.05, 0) is 24.1 Å². The molecule has 1 N–H and O–H groups in total. The fourth-order valence-corrected chi connectivity index (χ4v) is 2.96. The molecule has 1 heterocycles. The number of nitrogens with one attached hydrogen (secondary N) is 1. The Bertz CT molecular complexity index is 807. The van der Waals surface area contributed by atoms with E-state index in [0.717, 1.165) is 17.7 Å². The van der Waals surface area contributed by atoms with Crippen molar-refractivity contribution in [1.82, 2.24) is 0 Å². The maximum absolute atomic E-state index is 13.1. The van der Waals surface area contributed by atoms with Crippen LogP contribution in [0.1, 0.15) is 15.9 Å². The van der Waals surface area contributed by atoms with E-state index in [1.165, 1.54) is 12.1 Å². The standard InChI is InChI=1S/C18H19N3O4/c1-25-11-9-19-16-7-6-14(21(23)24)12-15(16)18(22)20-10-8-13-4-2-3-5-17(13)20/h2-7,12,19H,8-11H2,1H3. The Morgan fingerprint density at radius 3 is 2.88 bits per heavy atom. The third kappa shape index (κ3) is 3.46. The molecule has 0 radical (unpaired) electrons. The number of non-ortho nitro benzene ring substituents is 1. The lowest BCUT2D eigenvalue weighted by molar-refractivity contribution is -0.384. The number of amides is 1.